The third-order valence-electron chi connectivity index (χ3n) is 1.70. The third-order valence-corrected chi connectivity index (χ3v) is 1.88. The second-order valence-corrected chi connectivity index (χ2v) is 3.07. The van der Waals surface area contributed by atoms with Crippen LogP contribution < -0.4 is 10.7 Å². The van der Waals surface area contributed by atoms with Crippen molar-refractivity contribution < 1.29 is 4.79 Å². The Morgan fingerprint density at radius 1 is 1.53 bits per heavy atom. The quantitative estimate of drug-likeness (QED) is 0.592. The highest BCUT2D eigenvalue weighted by atomic mass is 35.5. The Balaban J connectivity index is 2.58. The minimum atomic E-state index is -0.393. The molecule has 1 aromatic rings. The van der Waals surface area contributed by atoms with E-state index in [9.17, 15) is 9.59 Å². The summed E-state index contributed by atoms with van der Waals surface area (Å²) in [4.78, 5) is 25.3. The highest BCUT2D eigenvalue weighted by molar-refractivity contribution is 6.18. The van der Waals surface area contributed by atoms with E-state index in [0.29, 0.717) is 12.4 Å². The standard InChI is InChI=1S/C10H11ClN2O2/c11-4-1-2-5-13-10(15)8-7-12-6-3-9(8)14/h1-3,6-7H,4-5H2,(H,12,14)(H,13,15)/b2-1+. The molecule has 15 heavy (non-hydrogen) atoms. The minimum absolute atomic E-state index is 0.108. The summed E-state index contributed by atoms with van der Waals surface area (Å²) in [7, 11) is 0. The van der Waals surface area contributed by atoms with E-state index in [1.165, 1.54) is 18.5 Å². The molecule has 0 radical (unpaired) electrons. The maximum absolute atomic E-state index is 11.4. The summed E-state index contributed by atoms with van der Waals surface area (Å²) in [6.45, 7) is 0.361. The number of hydrogen-bond donors (Lipinski definition) is 2. The normalized spacial score (nSPS) is 10.5. The molecule has 0 saturated heterocycles. The second-order valence-electron chi connectivity index (χ2n) is 2.76. The van der Waals surface area contributed by atoms with E-state index < -0.39 is 5.91 Å². The largest absolute Gasteiger partial charge is 0.367 e. The summed E-state index contributed by atoms with van der Waals surface area (Å²) in [6, 6.07) is 1.31. The molecule has 0 aliphatic heterocycles. The number of aromatic nitrogens is 1. The Kier molecular flexibility index (Phi) is 4.63. The summed E-state index contributed by atoms with van der Waals surface area (Å²) in [6.07, 6.45) is 6.30. The molecule has 0 fully saturated rings. The Bertz CT molecular complexity index is 412. The first kappa shape index (κ1) is 11.5. The fourth-order valence-corrected chi connectivity index (χ4v) is 1.11. The average molecular weight is 227 g/mol. The van der Waals surface area contributed by atoms with Gasteiger partial charge in [-0.2, -0.15) is 0 Å². The molecule has 5 heteroatoms. The number of carbonyl (C=O) groups is 1. The summed E-state index contributed by atoms with van der Waals surface area (Å²) in [5.74, 6) is 0.0120. The molecule has 1 aromatic heterocycles. The van der Waals surface area contributed by atoms with Gasteiger partial charge < -0.3 is 10.3 Å². The topological polar surface area (TPSA) is 62.0 Å². The van der Waals surface area contributed by atoms with Crippen LogP contribution in [0.3, 0.4) is 0 Å². The van der Waals surface area contributed by atoms with Gasteiger partial charge in [0.05, 0.1) is 0 Å². The molecule has 0 bridgehead atoms. The van der Waals surface area contributed by atoms with Gasteiger partial charge in [-0.05, 0) is 0 Å². The summed E-state index contributed by atoms with van der Waals surface area (Å²) in [5.41, 5.74) is -0.190. The summed E-state index contributed by atoms with van der Waals surface area (Å²) in [5, 5.41) is 2.57. The predicted molar refractivity (Wildman–Crippen MR) is 59.3 cm³/mol. The molecule has 80 valence electrons. The van der Waals surface area contributed by atoms with Gasteiger partial charge in [0, 0.05) is 30.9 Å². The lowest BCUT2D eigenvalue weighted by Gasteiger charge is -2.00. The minimum Gasteiger partial charge on any atom is -0.367 e. The van der Waals surface area contributed by atoms with Crippen molar-refractivity contribution in [1.29, 1.82) is 0 Å². The number of carbonyl (C=O) groups excluding carboxylic acids is 1. The van der Waals surface area contributed by atoms with Crippen molar-refractivity contribution in [2.45, 2.75) is 0 Å². The number of pyridine rings is 1. The molecule has 1 rings (SSSR count). The number of nitrogens with one attached hydrogen (secondary N) is 2. The molecule has 0 aliphatic carbocycles. The van der Waals surface area contributed by atoms with Crippen LogP contribution in [-0.2, 0) is 0 Å². The number of aromatic amines is 1. The van der Waals surface area contributed by atoms with E-state index in [-0.39, 0.29) is 11.0 Å². The molecule has 0 saturated carbocycles. The maximum atomic E-state index is 11.4. The number of amides is 1. The molecule has 0 aromatic carbocycles. The van der Waals surface area contributed by atoms with Crippen molar-refractivity contribution in [1.82, 2.24) is 10.3 Å². The number of rotatable bonds is 4. The van der Waals surface area contributed by atoms with Crippen molar-refractivity contribution in [3.63, 3.8) is 0 Å². The SMILES string of the molecule is O=C(NC/C=C/CCl)c1c[nH]ccc1=O. The van der Waals surface area contributed by atoms with Crippen LogP contribution in [0.15, 0.2) is 35.4 Å². The summed E-state index contributed by atoms with van der Waals surface area (Å²) < 4.78 is 0. The van der Waals surface area contributed by atoms with Crippen LogP contribution in [0.4, 0.5) is 0 Å². The number of hydrogen-bond acceptors (Lipinski definition) is 2. The molecule has 0 unspecified atom stereocenters. The van der Waals surface area contributed by atoms with Crippen molar-refractivity contribution in [2.24, 2.45) is 0 Å². The van der Waals surface area contributed by atoms with Crippen LogP contribution in [0.1, 0.15) is 10.4 Å². The van der Waals surface area contributed by atoms with Crippen LogP contribution in [-0.4, -0.2) is 23.3 Å². The van der Waals surface area contributed by atoms with Crippen molar-refractivity contribution in [3.8, 4) is 0 Å². The maximum Gasteiger partial charge on any atom is 0.256 e. The zero-order chi connectivity index (χ0) is 11.1. The molecule has 0 spiro atoms. The monoisotopic (exact) mass is 226 g/mol. The Labute approximate surface area is 92.0 Å². The fourth-order valence-electron chi connectivity index (χ4n) is 0.987. The highest BCUT2D eigenvalue weighted by Gasteiger charge is 2.06. The van der Waals surface area contributed by atoms with Crippen LogP contribution in [0, 0.1) is 0 Å². The van der Waals surface area contributed by atoms with Gasteiger partial charge in [0.2, 0.25) is 0 Å². The predicted octanol–water partition coefficient (Wildman–Crippen LogP) is 0.900. The second kappa shape index (κ2) is 6.03. The van der Waals surface area contributed by atoms with Gasteiger partial charge in [-0.25, -0.2) is 0 Å². The lowest BCUT2D eigenvalue weighted by atomic mass is 10.2. The van der Waals surface area contributed by atoms with E-state index in [2.05, 4.69) is 10.3 Å². The molecule has 2 N–H and O–H groups in total. The van der Waals surface area contributed by atoms with Gasteiger partial charge >= 0.3 is 0 Å². The lowest BCUT2D eigenvalue weighted by Crippen LogP contribution is -2.28. The van der Waals surface area contributed by atoms with Crippen LogP contribution >= 0.6 is 11.6 Å². The molecule has 4 nitrogen and oxygen atoms in total. The number of alkyl halides is 1. The number of H-pyrrole nitrogens is 1. The van der Waals surface area contributed by atoms with Gasteiger partial charge in [0.1, 0.15) is 5.56 Å². The molecular weight excluding hydrogens is 216 g/mol. The van der Waals surface area contributed by atoms with Crippen LogP contribution in [0.25, 0.3) is 0 Å². The third kappa shape index (κ3) is 3.59. The Morgan fingerprint density at radius 2 is 2.33 bits per heavy atom. The molecule has 1 heterocycles. The molecule has 0 aliphatic rings. The van der Waals surface area contributed by atoms with E-state index >= 15 is 0 Å². The Morgan fingerprint density at radius 3 is 3.00 bits per heavy atom. The van der Waals surface area contributed by atoms with Gasteiger partial charge in [-0.15, -0.1) is 11.6 Å². The van der Waals surface area contributed by atoms with Crippen molar-refractivity contribution >= 4 is 17.5 Å². The summed E-state index contributed by atoms with van der Waals surface area (Å²) >= 11 is 5.40. The van der Waals surface area contributed by atoms with E-state index in [4.69, 9.17) is 11.6 Å². The van der Waals surface area contributed by atoms with Gasteiger partial charge in [-0.1, -0.05) is 12.2 Å². The highest BCUT2D eigenvalue weighted by Crippen LogP contribution is 1.87. The van der Waals surface area contributed by atoms with Crippen LogP contribution in [0.5, 0.6) is 0 Å². The van der Waals surface area contributed by atoms with Crippen LogP contribution in [0.2, 0.25) is 0 Å². The first-order chi connectivity index (χ1) is 7.25. The average Bonchev–Trinajstić information content (AvgIpc) is 2.25. The number of allylic oxidation sites excluding steroid dienone is 1. The van der Waals surface area contributed by atoms with E-state index in [1.807, 2.05) is 0 Å². The Hall–Kier alpha value is -1.55. The lowest BCUT2D eigenvalue weighted by molar-refractivity contribution is 0.0956. The van der Waals surface area contributed by atoms with E-state index in [0.717, 1.165) is 0 Å². The van der Waals surface area contributed by atoms with Crippen molar-refractivity contribution in [2.75, 3.05) is 12.4 Å². The smallest absolute Gasteiger partial charge is 0.256 e. The molecule has 1 amide bonds. The first-order valence-electron chi connectivity index (χ1n) is 4.42. The van der Waals surface area contributed by atoms with Gasteiger partial charge in [-0.3, -0.25) is 9.59 Å². The molecule has 0 atom stereocenters. The first-order valence-corrected chi connectivity index (χ1v) is 4.95. The zero-order valence-electron chi connectivity index (χ0n) is 8.00. The fraction of sp³-hybridized carbons (Fsp3) is 0.200. The molecular formula is C10H11ClN2O2. The number of halogens is 1. The van der Waals surface area contributed by atoms with Gasteiger partial charge in [0.25, 0.3) is 5.91 Å². The van der Waals surface area contributed by atoms with Gasteiger partial charge in [0.15, 0.2) is 5.43 Å². The zero-order valence-corrected chi connectivity index (χ0v) is 8.75. The van der Waals surface area contributed by atoms with Crippen molar-refractivity contribution in [3.05, 3.63) is 46.4 Å². The van der Waals surface area contributed by atoms with E-state index in [1.54, 1.807) is 12.2 Å².